The van der Waals surface area contributed by atoms with Gasteiger partial charge in [0.2, 0.25) is 0 Å². The molecule has 3 rings (SSSR count). The van der Waals surface area contributed by atoms with E-state index in [4.69, 9.17) is 11.6 Å². The van der Waals surface area contributed by atoms with Gasteiger partial charge in [0.1, 0.15) is 0 Å². The molecule has 0 bridgehead atoms. The fourth-order valence-corrected chi connectivity index (χ4v) is 3.36. The number of carbonyl (C=O) groups is 1. The van der Waals surface area contributed by atoms with Gasteiger partial charge in [-0.1, -0.05) is 12.1 Å². The maximum atomic E-state index is 13.3. The zero-order valence-corrected chi connectivity index (χ0v) is 18.8. The smallest absolute Gasteiger partial charge is 0.397 e. The first kappa shape index (κ1) is 24.8. The lowest BCUT2D eigenvalue weighted by molar-refractivity contribution is -0.138. The van der Waals surface area contributed by atoms with Crippen LogP contribution in [0.3, 0.4) is 0 Å². The number of aliphatic hydroxyl groups is 1. The van der Waals surface area contributed by atoms with Crippen LogP contribution in [0.5, 0.6) is 0 Å². The third kappa shape index (κ3) is 5.21. The van der Waals surface area contributed by atoms with Gasteiger partial charge in [-0.15, -0.1) is 0 Å². The summed E-state index contributed by atoms with van der Waals surface area (Å²) >= 11 is 0. The number of halogens is 3. The highest BCUT2D eigenvalue weighted by Gasteiger charge is 2.33. The number of hydrogen-bond donors (Lipinski definition) is 4. The van der Waals surface area contributed by atoms with Crippen LogP contribution in [0.2, 0.25) is 0 Å². The summed E-state index contributed by atoms with van der Waals surface area (Å²) in [5.41, 5.74) is 8.13. The van der Waals surface area contributed by atoms with E-state index >= 15 is 0 Å². The van der Waals surface area contributed by atoms with Crippen LogP contribution in [0.25, 0.3) is 5.70 Å². The average Bonchev–Trinajstić information content (AvgIpc) is 3.11. The third-order valence-electron chi connectivity index (χ3n) is 5.42. The predicted octanol–water partition coefficient (Wildman–Crippen LogP) is 3.44. The van der Waals surface area contributed by atoms with E-state index in [1.54, 1.807) is 30.9 Å². The Kier molecular flexibility index (Phi) is 6.99. The zero-order chi connectivity index (χ0) is 25.2. The van der Waals surface area contributed by atoms with Crippen molar-refractivity contribution in [2.45, 2.75) is 26.6 Å². The van der Waals surface area contributed by atoms with E-state index in [-0.39, 0.29) is 16.8 Å². The molecule has 0 spiro atoms. The van der Waals surface area contributed by atoms with Gasteiger partial charge >= 0.3 is 6.18 Å². The molecular weight excluding hydrogens is 449 g/mol. The van der Waals surface area contributed by atoms with Crippen molar-refractivity contribution in [3.05, 3.63) is 82.3 Å². The molecule has 0 aliphatic rings. The van der Waals surface area contributed by atoms with E-state index in [2.05, 4.69) is 10.4 Å². The Morgan fingerprint density at radius 3 is 2.53 bits per heavy atom. The van der Waals surface area contributed by atoms with Gasteiger partial charge < -0.3 is 16.2 Å². The molecule has 0 radical (unpaired) electrons. The number of rotatable bonds is 6. The number of nitrogens with one attached hydrogen (secondary N) is 1. The van der Waals surface area contributed by atoms with Gasteiger partial charge in [-0.2, -0.15) is 18.3 Å². The van der Waals surface area contributed by atoms with E-state index < -0.39 is 24.3 Å². The summed E-state index contributed by atoms with van der Waals surface area (Å²) in [6.07, 6.45) is -1.56. The number of hydrogen-bond acceptors (Lipinski definition) is 6. The first-order valence-corrected chi connectivity index (χ1v) is 10.2. The molecule has 3 aromatic rings. The Morgan fingerprint density at radius 2 is 1.94 bits per heavy atom. The molecule has 0 saturated heterocycles. The van der Waals surface area contributed by atoms with E-state index in [9.17, 15) is 23.1 Å². The molecule has 0 atom stereocenters. The molecular formula is C23H25F3N6O2. The quantitative estimate of drug-likeness (QED) is 0.321. The molecule has 0 aliphatic heterocycles. The molecule has 180 valence electrons. The maximum absolute atomic E-state index is 13.3. The number of benzene rings is 2. The second-order valence-electron chi connectivity index (χ2n) is 7.74. The SMILES string of the molecule is Cc1ccc(C(=O)Nc2ccc(CO)c(C(F)(F)F)c2)cc1N(N)/C=C(\N)c1cnn(C)c1C. The van der Waals surface area contributed by atoms with E-state index in [1.807, 2.05) is 6.92 Å². The summed E-state index contributed by atoms with van der Waals surface area (Å²) in [6, 6.07) is 7.91. The number of amides is 1. The minimum Gasteiger partial charge on any atom is -0.397 e. The molecule has 0 unspecified atom stereocenters. The highest BCUT2D eigenvalue weighted by Crippen LogP contribution is 2.34. The summed E-state index contributed by atoms with van der Waals surface area (Å²) in [5.74, 6) is 5.56. The van der Waals surface area contributed by atoms with Gasteiger partial charge in [0.15, 0.2) is 0 Å². The number of aliphatic hydroxyl groups excluding tert-OH is 1. The van der Waals surface area contributed by atoms with Crippen molar-refractivity contribution in [2.24, 2.45) is 18.6 Å². The number of alkyl halides is 3. The largest absolute Gasteiger partial charge is 0.416 e. The van der Waals surface area contributed by atoms with Crippen LogP contribution in [0, 0.1) is 13.8 Å². The maximum Gasteiger partial charge on any atom is 0.416 e. The van der Waals surface area contributed by atoms with Gasteiger partial charge in [0, 0.05) is 35.8 Å². The van der Waals surface area contributed by atoms with Crippen molar-refractivity contribution in [2.75, 3.05) is 10.3 Å². The van der Waals surface area contributed by atoms with Crippen molar-refractivity contribution in [1.29, 1.82) is 0 Å². The molecule has 0 saturated carbocycles. The molecule has 0 aliphatic carbocycles. The Morgan fingerprint density at radius 1 is 1.24 bits per heavy atom. The van der Waals surface area contributed by atoms with Gasteiger partial charge in [0.25, 0.3) is 5.91 Å². The standard InChI is InChI=1S/C23H25F3N6O2/c1-13-4-5-15(8-21(13)32(28)11-20(27)18-10-29-31(3)14(18)2)22(34)30-17-7-6-16(12-33)19(9-17)23(24,25)26/h4-11,33H,12,27-28H2,1-3H3,(H,30,34)/b20-11-. The van der Waals surface area contributed by atoms with Crippen molar-refractivity contribution in [1.82, 2.24) is 9.78 Å². The van der Waals surface area contributed by atoms with Crippen molar-refractivity contribution < 1.29 is 23.1 Å². The Hall–Kier alpha value is -3.83. The third-order valence-corrected chi connectivity index (χ3v) is 5.42. The fraction of sp³-hybridized carbons (Fsp3) is 0.217. The van der Waals surface area contributed by atoms with E-state index in [0.29, 0.717) is 16.9 Å². The Bertz CT molecular complexity index is 1250. The molecule has 2 aromatic carbocycles. The minimum absolute atomic E-state index is 0.0579. The summed E-state index contributed by atoms with van der Waals surface area (Å²) in [6.45, 7) is 2.88. The number of aromatic nitrogens is 2. The fourth-order valence-electron chi connectivity index (χ4n) is 3.36. The molecule has 11 heteroatoms. The summed E-state index contributed by atoms with van der Waals surface area (Å²) < 4.78 is 41.4. The molecule has 34 heavy (non-hydrogen) atoms. The number of anilines is 2. The molecule has 0 fully saturated rings. The van der Waals surface area contributed by atoms with Crippen molar-refractivity contribution >= 4 is 23.0 Å². The van der Waals surface area contributed by atoms with Crippen LogP contribution in [0.1, 0.15) is 38.3 Å². The number of nitrogens with two attached hydrogens (primary N) is 2. The number of aryl methyl sites for hydroxylation is 2. The number of carbonyl (C=O) groups excluding carboxylic acids is 1. The van der Waals surface area contributed by atoms with Gasteiger partial charge in [-0.3, -0.25) is 14.5 Å². The Labute approximate surface area is 194 Å². The van der Waals surface area contributed by atoms with Crippen LogP contribution in [-0.2, 0) is 19.8 Å². The zero-order valence-electron chi connectivity index (χ0n) is 18.8. The number of nitrogens with zero attached hydrogens (tertiary/aromatic N) is 3. The lowest BCUT2D eigenvalue weighted by Gasteiger charge is -2.19. The Balaban J connectivity index is 1.86. The second-order valence-corrected chi connectivity index (χ2v) is 7.74. The van der Waals surface area contributed by atoms with Crippen LogP contribution in [-0.4, -0.2) is 20.8 Å². The van der Waals surface area contributed by atoms with Crippen LogP contribution in [0.4, 0.5) is 24.5 Å². The molecule has 8 nitrogen and oxygen atoms in total. The first-order valence-electron chi connectivity index (χ1n) is 10.2. The van der Waals surface area contributed by atoms with Crippen molar-refractivity contribution in [3.8, 4) is 0 Å². The summed E-state index contributed by atoms with van der Waals surface area (Å²) in [5, 5.41) is 17.0. The van der Waals surface area contributed by atoms with Crippen LogP contribution >= 0.6 is 0 Å². The molecule has 1 amide bonds. The predicted molar refractivity (Wildman–Crippen MR) is 123 cm³/mol. The first-order chi connectivity index (χ1) is 15.9. The van der Waals surface area contributed by atoms with Gasteiger partial charge in [-0.25, -0.2) is 5.84 Å². The molecule has 1 heterocycles. The van der Waals surface area contributed by atoms with Gasteiger partial charge in [-0.05, 0) is 49.2 Å². The normalized spacial score (nSPS) is 12.1. The minimum atomic E-state index is -4.67. The highest BCUT2D eigenvalue weighted by molar-refractivity contribution is 6.05. The van der Waals surface area contributed by atoms with Gasteiger partial charge in [0.05, 0.1) is 29.8 Å². The summed E-state index contributed by atoms with van der Waals surface area (Å²) in [4.78, 5) is 12.8. The van der Waals surface area contributed by atoms with Crippen molar-refractivity contribution in [3.63, 3.8) is 0 Å². The second kappa shape index (κ2) is 9.57. The molecule has 1 aromatic heterocycles. The molecule has 6 N–H and O–H groups in total. The highest BCUT2D eigenvalue weighted by atomic mass is 19.4. The van der Waals surface area contributed by atoms with Crippen LogP contribution < -0.4 is 21.9 Å². The van der Waals surface area contributed by atoms with Crippen LogP contribution in [0.15, 0.2) is 48.8 Å². The summed E-state index contributed by atoms with van der Waals surface area (Å²) in [7, 11) is 1.79. The monoisotopic (exact) mass is 474 g/mol. The number of hydrazine groups is 1. The average molecular weight is 474 g/mol. The van der Waals surface area contributed by atoms with E-state index in [0.717, 1.165) is 23.4 Å². The lowest BCUT2D eigenvalue weighted by atomic mass is 10.1. The van der Waals surface area contributed by atoms with E-state index in [1.165, 1.54) is 29.4 Å². The topological polar surface area (TPSA) is 122 Å². The lowest BCUT2D eigenvalue weighted by Crippen LogP contribution is -2.27.